The van der Waals surface area contributed by atoms with Gasteiger partial charge in [0, 0.05) is 17.8 Å². The fourth-order valence-corrected chi connectivity index (χ4v) is 2.28. The molecule has 0 saturated heterocycles. The normalized spacial score (nSPS) is 11.2. The van der Waals surface area contributed by atoms with Crippen LogP contribution in [0.15, 0.2) is 18.2 Å². The largest absolute Gasteiger partial charge is 0.399 e. The molecular formula is C14H20ClN5. The Morgan fingerprint density at radius 3 is 2.85 bits per heavy atom. The molecule has 0 aliphatic rings. The number of anilines is 1. The first-order valence-electron chi connectivity index (χ1n) is 6.89. The number of hydrogen-bond acceptors (Lipinski definition) is 4. The lowest BCUT2D eigenvalue weighted by Gasteiger charge is -2.08. The summed E-state index contributed by atoms with van der Waals surface area (Å²) in [7, 11) is 0. The van der Waals surface area contributed by atoms with Crippen LogP contribution in [0.1, 0.15) is 33.1 Å². The van der Waals surface area contributed by atoms with Gasteiger partial charge in [-0.25, -0.2) is 4.68 Å². The molecule has 1 heterocycles. The summed E-state index contributed by atoms with van der Waals surface area (Å²) in [5, 5.41) is 12.5. The zero-order valence-corrected chi connectivity index (χ0v) is 12.6. The summed E-state index contributed by atoms with van der Waals surface area (Å²) >= 11 is 6.20. The predicted molar refractivity (Wildman–Crippen MR) is 81.4 cm³/mol. The summed E-state index contributed by atoms with van der Waals surface area (Å²) in [5.74, 6) is 1.40. The summed E-state index contributed by atoms with van der Waals surface area (Å²) in [4.78, 5) is 0. The average molecular weight is 294 g/mol. The van der Waals surface area contributed by atoms with Gasteiger partial charge in [0.15, 0.2) is 5.82 Å². The molecule has 20 heavy (non-hydrogen) atoms. The average Bonchev–Trinajstić information content (AvgIpc) is 2.85. The highest BCUT2D eigenvalue weighted by Gasteiger charge is 2.12. The molecule has 0 aliphatic carbocycles. The van der Waals surface area contributed by atoms with Crippen LogP contribution >= 0.6 is 11.6 Å². The molecule has 2 N–H and O–H groups in total. The van der Waals surface area contributed by atoms with E-state index in [1.165, 1.54) is 12.8 Å². The molecule has 2 rings (SSSR count). The first-order valence-corrected chi connectivity index (χ1v) is 7.27. The van der Waals surface area contributed by atoms with Crippen molar-refractivity contribution >= 4 is 17.3 Å². The molecule has 1 aromatic heterocycles. The van der Waals surface area contributed by atoms with Crippen molar-refractivity contribution < 1.29 is 0 Å². The van der Waals surface area contributed by atoms with Crippen molar-refractivity contribution in [3.63, 3.8) is 0 Å². The maximum atomic E-state index is 6.20. The lowest BCUT2D eigenvalue weighted by atomic mass is 10.1. The zero-order valence-electron chi connectivity index (χ0n) is 11.9. The maximum absolute atomic E-state index is 6.20. The molecule has 2 aromatic rings. The van der Waals surface area contributed by atoms with Crippen LogP contribution in [0.25, 0.3) is 11.4 Å². The van der Waals surface area contributed by atoms with E-state index in [0.717, 1.165) is 24.4 Å². The van der Waals surface area contributed by atoms with Crippen molar-refractivity contribution in [1.82, 2.24) is 20.2 Å². The second kappa shape index (κ2) is 6.70. The number of unbranched alkanes of at least 4 members (excludes halogenated alkanes) is 1. The lowest BCUT2D eigenvalue weighted by molar-refractivity contribution is 0.487. The number of aryl methyl sites for hydroxylation is 1. The SMILES string of the molecule is CC(C)CCCCn1nnnc1-c1cc(N)ccc1Cl. The van der Waals surface area contributed by atoms with E-state index < -0.39 is 0 Å². The topological polar surface area (TPSA) is 69.6 Å². The summed E-state index contributed by atoms with van der Waals surface area (Å²) < 4.78 is 1.79. The third kappa shape index (κ3) is 3.70. The highest BCUT2D eigenvalue weighted by Crippen LogP contribution is 2.27. The van der Waals surface area contributed by atoms with Gasteiger partial charge in [0.25, 0.3) is 0 Å². The van der Waals surface area contributed by atoms with Crippen molar-refractivity contribution in [2.45, 2.75) is 39.7 Å². The van der Waals surface area contributed by atoms with Crippen LogP contribution in [0, 0.1) is 5.92 Å². The summed E-state index contributed by atoms with van der Waals surface area (Å²) in [6, 6.07) is 5.34. The Morgan fingerprint density at radius 1 is 1.30 bits per heavy atom. The Bertz CT molecular complexity index is 564. The number of aromatic nitrogens is 4. The van der Waals surface area contributed by atoms with E-state index in [4.69, 9.17) is 17.3 Å². The molecular weight excluding hydrogens is 274 g/mol. The first kappa shape index (κ1) is 14.8. The lowest BCUT2D eigenvalue weighted by Crippen LogP contribution is -2.04. The zero-order chi connectivity index (χ0) is 14.5. The van der Waals surface area contributed by atoms with Crippen LogP contribution in [0.4, 0.5) is 5.69 Å². The molecule has 6 heteroatoms. The van der Waals surface area contributed by atoms with Gasteiger partial charge in [-0.05, 0) is 41.0 Å². The molecule has 108 valence electrons. The van der Waals surface area contributed by atoms with Crippen molar-refractivity contribution in [3.05, 3.63) is 23.2 Å². The van der Waals surface area contributed by atoms with Crippen molar-refractivity contribution in [2.75, 3.05) is 5.73 Å². The van der Waals surface area contributed by atoms with Crippen LogP contribution < -0.4 is 5.73 Å². The molecule has 0 unspecified atom stereocenters. The smallest absolute Gasteiger partial charge is 0.183 e. The molecule has 0 spiro atoms. The fraction of sp³-hybridized carbons (Fsp3) is 0.500. The summed E-state index contributed by atoms with van der Waals surface area (Å²) in [6.07, 6.45) is 3.44. The third-order valence-corrected chi connectivity index (χ3v) is 3.49. The minimum absolute atomic E-state index is 0.609. The molecule has 0 aliphatic heterocycles. The van der Waals surface area contributed by atoms with Gasteiger partial charge in [0.2, 0.25) is 0 Å². The van der Waals surface area contributed by atoms with Crippen molar-refractivity contribution in [2.24, 2.45) is 5.92 Å². The highest BCUT2D eigenvalue weighted by molar-refractivity contribution is 6.33. The number of halogens is 1. The molecule has 0 amide bonds. The van der Waals surface area contributed by atoms with Crippen LogP contribution in [0.2, 0.25) is 5.02 Å². The molecule has 1 aromatic carbocycles. The number of nitrogen functional groups attached to an aromatic ring is 1. The number of tetrazole rings is 1. The molecule has 0 bridgehead atoms. The monoisotopic (exact) mass is 293 g/mol. The minimum atomic E-state index is 0.609. The van der Waals surface area contributed by atoms with E-state index in [0.29, 0.717) is 16.5 Å². The van der Waals surface area contributed by atoms with E-state index in [-0.39, 0.29) is 0 Å². The summed E-state index contributed by atoms with van der Waals surface area (Å²) in [5.41, 5.74) is 7.23. The van der Waals surface area contributed by atoms with Gasteiger partial charge in [-0.1, -0.05) is 38.3 Å². The van der Waals surface area contributed by atoms with E-state index in [1.54, 1.807) is 22.9 Å². The first-order chi connectivity index (χ1) is 9.58. The summed E-state index contributed by atoms with van der Waals surface area (Å²) in [6.45, 7) is 5.25. The number of benzene rings is 1. The predicted octanol–water partition coefficient (Wildman–Crippen LogP) is 3.40. The number of nitrogens with two attached hydrogens (primary N) is 1. The van der Waals surface area contributed by atoms with Crippen molar-refractivity contribution in [3.8, 4) is 11.4 Å². The van der Waals surface area contributed by atoms with Gasteiger partial charge in [0.05, 0.1) is 5.02 Å². The van der Waals surface area contributed by atoms with Gasteiger partial charge in [-0.3, -0.25) is 0 Å². The number of nitrogens with zero attached hydrogens (tertiary/aromatic N) is 4. The molecule has 0 radical (unpaired) electrons. The maximum Gasteiger partial charge on any atom is 0.183 e. The van der Waals surface area contributed by atoms with E-state index in [9.17, 15) is 0 Å². The van der Waals surface area contributed by atoms with Gasteiger partial charge >= 0.3 is 0 Å². The second-order valence-electron chi connectivity index (χ2n) is 5.35. The molecule has 0 saturated carbocycles. The Morgan fingerprint density at radius 2 is 2.10 bits per heavy atom. The molecule has 5 nitrogen and oxygen atoms in total. The van der Waals surface area contributed by atoms with Crippen LogP contribution in [0.5, 0.6) is 0 Å². The van der Waals surface area contributed by atoms with Gasteiger partial charge in [-0.15, -0.1) is 5.10 Å². The van der Waals surface area contributed by atoms with E-state index >= 15 is 0 Å². The van der Waals surface area contributed by atoms with Gasteiger partial charge < -0.3 is 5.73 Å². The quantitative estimate of drug-likeness (QED) is 0.654. The Labute approximate surface area is 124 Å². The standard InChI is InChI=1S/C14H20ClN5/c1-10(2)5-3-4-8-20-14(17-18-19-20)12-9-11(16)6-7-13(12)15/h6-7,9-10H,3-5,8,16H2,1-2H3. The molecule has 0 atom stereocenters. The van der Waals surface area contributed by atoms with Gasteiger partial charge in [-0.2, -0.15) is 0 Å². The van der Waals surface area contributed by atoms with Crippen LogP contribution in [-0.2, 0) is 6.54 Å². The third-order valence-electron chi connectivity index (χ3n) is 3.16. The Hall–Kier alpha value is -1.62. The molecule has 0 fully saturated rings. The van der Waals surface area contributed by atoms with Crippen LogP contribution in [0.3, 0.4) is 0 Å². The Balaban J connectivity index is 2.10. The van der Waals surface area contributed by atoms with E-state index in [2.05, 4.69) is 29.4 Å². The number of rotatable bonds is 6. The Kier molecular flexibility index (Phi) is 4.95. The number of hydrogen-bond donors (Lipinski definition) is 1. The van der Waals surface area contributed by atoms with Crippen LogP contribution in [-0.4, -0.2) is 20.2 Å². The fourth-order valence-electron chi connectivity index (χ4n) is 2.08. The van der Waals surface area contributed by atoms with Gasteiger partial charge in [0.1, 0.15) is 0 Å². The minimum Gasteiger partial charge on any atom is -0.399 e. The van der Waals surface area contributed by atoms with Crippen molar-refractivity contribution in [1.29, 1.82) is 0 Å². The van der Waals surface area contributed by atoms with E-state index in [1.807, 2.05) is 0 Å². The second-order valence-corrected chi connectivity index (χ2v) is 5.76. The highest BCUT2D eigenvalue weighted by atomic mass is 35.5.